The number of carbonyl (C=O) groups is 1. The first-order valence-corrected chi connectivity index (χ1v) is 11.8. The van der Waals surface area contributed by atoms with Gasteiger partial charge in [-0.05, 0) is 38.8 Å². The largest absolute Gasteiger partial charge is 0.347 e. The molecule has 1 aromatic carbocycles. The highest BCUT2D eigenvalue weighted by atomic mass is 16.1. The fraction of sp³-hybridized carbons (Fsp3) is 0.333. The number of anilines is 2. The number of carbonyl (C=O) groups excluding carboxylic acids is 1. The average Bonchev–Trinajstić information content (AvgIpc) is 3.69. The predicted octanol–water partition coefficient (Wildman–Crippen LogP) is 3.35. The van der Waals surface area contributed by atoms with E-state index in [-0.39, 0.29) is 11.8 Å². The number of nitrogens with one attached hydrogen (secondary N) is 6. The Morgan fingerprint density at radius 2 is 1.59 bits per heavy atom. The van der Waals surface area contributed by atoms with Crippen LogP contribution < -0.4 is 16.0 Å². The first-order valence-electron chi connectivity index (χ1n) is 11.8. The van der Waals surface area contributed by atoms with E-state index in [0.717, 1.165) is 55.3 Å². The second kappa shape index (κ2) is 8.88. The second-order valence-corrected chi connectivity index (χ2v) is 8.80. The first kappa shape index (κ1) is 20.8. The van der Waals surface area contributed by atoms with Gasteiger partial charge in [-0.2, -0.15) is 0 Å². The average molecular weight is 458 g/mol. The van der Waals surface area contributed by atoms with Crippen molar-refractivity contribution in [3.63, 3.8) is 0 Å². The van der Waals surface area contributed by atoms with Gasteiger partial charge in [-0.25, -0.2) is 15.0 Å². The Balaban J connectivity index is 1.16. The van der Waals surface area contributed by atoms with Crippen LogP contribution in [-0.4, -0.2) is 48.8 Å². The molecule has 0 bridgehead atoms. The van der Waals surface area contributed by atoms with E-state index in [2.05, 4.69) is 40.9 Å². The fourth-order valence-electron chi connectivity index (χ4n) is 4.70. The van der Waals surface area contributed by atoms with Gasteiger partial charge in [-0.1, -0.05) is 24.3 Å². The monoisotopic (exact) mass is 457 g/mol. The summed E-state index contributed by atoms with van der Waals surface area (Å²) in [6, 6.07) is 8.03. The number of hydrogen-bond donors (Lipinski definition) is 6. The van der Waals surface area contributed by atoms with Gasteiger partial charge in [0.05, 0.1) is 24.1 Å². The lowest BCUT2D eigenvalue weighted by atomic mass is 10.0. The summed E-state index contributed by atoms with van der Waals surface area (Å²) >= 11 is 0. The molecular weight excluding hydrogens is 430 g/mol. The maximum atomic E-state index is 13.2. The van der Waals surface area contributed by atoms with Crippen LogP contribution in [0.3, 0.4) is 0 Å². The van der Waals surface area contributed by atoms with E-state index in [1.165, 1.54) is 12.7 Å². The standard InChI is InChI=1S/C24H27N9O/c34-21(15-7-5-14(6-8-15)18-11-27-22(31-18)16-3-1-9-25-16)20-24(30-13-29-20)33-19-12-28-23(32-19)17-4-2-10-26-17/h5-8,11-13,16-17,25-26,33H,1-4,9-10H2,(H,27,31)(H,28,32)(H,29,30)/t16-,17-/m0/s1. The van der Waals surface area contributed by atoms with E-state index < -0.39 is 0 Å². The van der Waals surface area contributed by atoms with Gasteiger partial charge in [-0.15, -0.1) is 0 Å². The Labute approximate surface area is 196 Å². The summed E-state index contributed by atoms with van der Waals surface area (Å²) in [5, 5.41) is 10.0. The zero-order valence-electron chi connectivity index (χ0n) is 18.7. The van der Waals surface area contributed by atoms with Crippen LogP contribution in [0.15, 0.2) is 43.0 Å². The fourth-order valence-corrected chi connectivity index (χ4v) is 4.70. The summed E-state index contributed by atoms with van der Waals surface area (Å²) in [7, 11) is 0. The first-order chi connectivity index (χ1) is 16.7. The highest BCUT2D eigenvalue weighted by molar-refractivity contribution is 6.11. The van der Waals surface area contributed by atoms with Crippen LogP contribution in [0.1, 0.15) is 65.5 Å². The molecule has 174 valence electrons. The molecule has 2 saturated heterocycles. The van der Waals surface area contributed by atoms with E-state index in [1.807, 2.05) is 30.5 Å². The van der Waals surface area contributed by atoms with E-state index in [0.29, 0.717) is 28.9 Å². The van der Waals surface area contributed by atoms with E-state index in [9.17, 15) is 4.79 Å². The highest BCUT2D eigenvalue weighted by Crippen LogP contribution is 2.26. The molecule has 2 fully saturated rings. The van der Waals surface area contributed by atoms with Crippen LogP contribution in [0, 0.1) is 0 Å². The number of imidazole rings is 3. The van der Waals surface area contributed by atoms with Gasteiger partial charge in [0.2, 0.25) is 5.78 Å². The van der Waals surface area contributed by atoms with Crippen molar-refractivity contribution in [3.05, 3.63) is 65.9 Å². The summed E-state index contributed by atoms with van der Waals surface area (Å²) in [6.07, 6.45) is 9.70. The van der Waals surface area contributed by atoms with E-state index in [1.54, 1.807) is 6.20 Å². The van der Waals surface area contributed by atoms with Crippen molar-refractivity contribution in [1.82, 2.24) is 40.5 Å². The van der Waals surface area contributed by atoms with Crippen molar-refractivity contribution >= 4 is 17.4 Å². The minimum Gasteiger partial charge on any atom is -0.347 e. The van der Waals surface area contributed by atoms with Gasteiger partial charge in [0.1, 0.15) is 23.2 Å². The van der Waals surface area contributed by atoms with Crippen LogP contribution in [0.25, 0.3) is 11.3 Å². The van der Waals surface area contributed by atoms with Crippen molar-refractivity contribution in [2.24, 2.45) is 0 Å². The Morgan fingerprint density at radius 1 is 0.882 bits per heavy atom. The molecule has 5 heterocycles. The quantitative estimate of drug-likeness (QED) is 0.234. The second-order valence-electron chi connectivity index (χ2n) is 8.80. The summed E-state index contributed by atoms with van der Waals surface area (Å²) < 4.78 is 0. The molecular formula is C24H27N9O. The third kappa shape index (κ3) is 4.02. The number of hydrogen-bond acceptors (Lipinski definition) is 7. The summed E-state index contributed by atoms with van der Waals surface area (Å²) in [5.41, 5.74) is 2.80. The van der Waals surface area contributed by atoms with Crippen molar-refractivity contribution < 1.29 is 4.79 Å². The van der Waals surface area contributed by atoms with Gasteiger partial charge >= 0.3 is 0 Å². The van der Waals surface area contributed by atoms with Crippen LogP contribution in [0.4, 0.5) is 11.6 Å². The Hall–Kier alpha value is -3.76. The number of aromatic nitrogens is 6. The number of rotatable bonds is 7. The SMILES string of the molecule is O=C(c1ccc(-c2c[nH]c([C@@H]3CCCN3)n2)cc1)c1[nH]cnc1Nc1c[nH]c([C@@H]2CCCN2)n1. The van der Waals surface area contributed by atoms with Gasteiger partial charge in [0, 0.05) is 23.5 Å². The molecule has 10 heteroatoms. The van der Waals surface area contributed by atoms with Crippen molar-refractivity contribution in [2.45, 2.75) is 37.8 Å². The number of benzene rings is 1. The Bertz CT molecular complexity index is 1270. The molecule has 3 aromatic heterocycles. The van der Waals surface area contributed by atoms with Crippen LogP contribution in [0.5, 0.6) is 0 Å². The number of ketones is 1. The van der Waals surface area contributed by atoms with Gasteiger partial charge in [-0.3, -0.25) is 4.79 Å². The lowest BCUT2D eigenvalue weighted by Gasteiger charge is -2.06. The third-order valence-corrected chi connectivity index (χ3v) is 6.53. The highest BCUT2D eigenvalue weighted by Gasteiger charge is 2.22. The van der Waals surface area contributed by atoms with E-state index >= 15 is 0 Å². The summed E-state index contributed by atoms with van der Waals surface area (Å²) in [4.78, 5) is 36.3. The lowest BCUT2D eigenvalue weighted by Crippen LogP contribution is -2.14. The molecule has 0 aliphatic carbocycles. The topological polar surface area (TPSA) is 139 Å². The molecule has 0 unspecified atom stereocenters. The molecule has 0 radical (unpaired) electrons. The van der Waals surface area contributed by atoms with Crippen molar-refractivity contribution in [3.8, 4) is 11.3 Å². The lowest BCUT2D eigenvalue weighted by molar-refractivity contribution is 0.103. The molecule has 2 atom stereocenters. The normalized spacial score (nSPS) is 20.1. The molecule has 6 N–H and O–H groups in total. The minimum absolute atomic E-state index is 0.141. The van der Waals surface area contributed by atoms with Crippen LogP contribution in [-0.2, 0) is 0 Å². The molecule has 6 rings (SSSR count). The van der Waals surface area contributed by atoms with E-state index in [4.69, 9.17) is 4.98 Å². The van der Waals surface area contributed by atoms with Crippen molar-refractivity contribution in [1.29, 1.82) is 0 Å². The minimum atomic E-state index is -0.141. The zero-order valence-corrected chi connectivity index (χ0v) is 18.7. The zero-order chi connectivity index (χ0) is 22.9. The number of nitrogens with zero attached hydrogens (tertiary/aromatic N) is 3. The van der Waals surface area contributed by atoms with Crippen molar-refractivity contribution in [2.75, 3.05) is 18.4 Å². The number of aromatic amines is 3. The molecule has 2 aliphatic rings. The smallest absolute Gasteiger partial charge is 0.213 e. The summed E-state index contributed by atoms with van der Waals surface area (Å²) in [6.45, 7) is 2.03. The summed E-state index contributed by atoms with van der Waals surface area (Å²) in [5.74, 6) is 2.80. The molecule has 0 amide bonds. The maximum Gasteiger partial charge on any atom is 0.213 e. The third-order valence-electron chi connectivity index (χ3n) is 6.53. The predicted molar refractivity (Wildman–Crippen MR) is 128 cm³/mol. The molecule has 0 saturated carbocycles. The van der Waals surface area contributed by atoms with Crippen LogP contribution in [0.2, 0.25) is 0 Å². The molecule has 4 aromatic rings. The maximum absolute atomic E-state index is 13.2. The molecule has 34 heavy (non-hydrogen) atoms. The Morgan fingerprint density at radius 3 is 2.29 bits per heavy atom. The molecule has 0 spiro atoms. The molecule has 2 aliphatic heterocycles. The van der Waals surface area contributed by atoms with Gasteiger partial charge in [0.15, 0.2) is 5.82 Å². The van der Waals surface area contributed by atoms with Gasteiger partial charge in [0.25, 0.3) is 0 Å². The van der Waals surface area contributed by atoms with Crippen LogP contribution >= 0.6 is 0 Å². The van der Waals surface area contributed by atoms with Gasteiger partial charge < -0.3 is 30.9 Å². The number of H-pyrrole nitrogens is 3. The Kier molecular flexibility index (Phi) is 5.44. The molecule has 10 nitrogen and oxygen atoms in total.